The minimum atomic E-state index is -0.933. The van der Waals surface area contributed by atoms with Gasteiger partial charge in [0.05, 0.1) is 6.04 Å². The van der Waals surface area contributed by atoms with Gasteiger partial charge in [-0.2, -0.15) is 0 Å². The highest BCUT2D eigenvalue weighted by atomic mass is 19.2. The van der Waals surface area contributed by atoms with Crippen LogP contribution in [0, 0.1) is 17.5 Å². The molecule has 1 atom stereocenters. The number of hydrogen-bond donors (Lipinski definition) is 2. The first-order chi connectivity index (χ1) is 9.10. The standard InChI is InChI=1S/C14H13F3N2/c15-10-2-1-3-11(7-10)19-14(8-18)9-4-5-12(16)13(17)6-9/h1-7,14,19H,8,18H2. The van der Waals surface area contributed by atoms with Gasteiger partial charge in [0.25, 0.3) is 0 Å². The molecule has 1 unspecified atom stereocenters. The van der Waals surface area contributed by atoms with Crippen molar-refractivity contribution in [2.75, 3.05) is 11.9 Å². The summed E-state index contributed by atoms with van der Waals surface area (Å²) in [6, 6.07) is 9.00. The van der Waals surface area contributed by atoms with E-state index in [2.05, 4.69) is 5.32 Å². The van der Waals surface area contributed by atoms with Crippen LogP contribution < -0.4 is 11.1 Å². The maximum Gasteiger partial charge on any atom is 0.159 e. The van der Waals surface area contributed by atoms with E-state index >= 15 is 0 Å². The summed E-state index contributed by atoms with van der Waals surface area (Å²) in [5.41, 5.74) is 6.64. The predicted molar refractivity (Wildman–Crippen MR) is 68.2 cm³/mol. The Hall–Kier alpha value is -2.01. The zero-order valence-corrected chi connectivity index (χ0v) is 10.0. The molecule has 0 spiro atoms. The van der Waals surface area contributed by atoms with Gasteiger partial charge in [0.15, 0.2) is 11.6 Å². The Bertz CT molecular complexity index is 572. The van der Waals surface area contributed by atoms with E-state index < -0.39 is 17.7 Å². The summed E-state index contributed by atoms with van der Waals surface area (Å²) >= 11 is 0. The summed E-state index contributed by atoms with van der Waals surface area (Å²) in [5.74, 6) is -2.23. The Labute approximate surface area is 109 Å². The van der Waals surface area contributed by atoms with E-state index in [1.807, 2.05) is 0 Å². The molecular weight excluding hydrogens is 253 g/mol. The summed E-state index contributed by atoms with van der Waals surface area (Å²) in [6.07, 6.45) is 0. The lowest BCUT2D eigenvalue weighted by molar-refractivity contribution is 0.506. The molecule has 2 aromatic rings. The van der Waals surface area contributed by atoms with Crippen LogP contribution in [0.1, 0.15) is 11.6 Å². The van der Waals surface area contributed by atoms with E-state index in [1.165, 1.54) is 18.2 Å². The zero-order valence-electron chi connectivity index (χ0n) is 10.0. The van der Waals surface area contributed by atoms with Crippen molar-refractivity contribution < 1.29 is 13.2 Å². The molecule has 0 aliphatic carbocycles. The highest BCUT2D eigenvalue weighted by molar-refractivity contribution is 5.45. The molecule has 0 aliphatic rings. The lowest BCUT2D eigenvalue weighted by atomic mass is 10.1. The molecule has 0 aromatic heterocycles. The molecule has 0 fully saturated rings. The fourth-order valence-electron chi connectivity index (χ4n) is 1.79. The summed E-state index contributed by atoms with van der Waals surface area (Å²) in [4.78, 5) is 0. The molecule has 0 amide bonds. The maximum absolute atomic E-state index is 13.2. The molecule has 100 valence electrons. The molecule has 0 aliphatic heterocycles. The monoisotopic (exact) mass is 266 g/mol. The minimum absolute atomic E-state index is 0.168. The number of nitrogens with two attached hydrogens (primary N) is 1. The van der Waals surface area contributed by atoms with Crippen LogP contribution in [-0.4, -0.2) is 6.54 Å². The number of hydrogen-bond acceptors (Lipinski definition) is 2. The molecule has 2 nitrogen and oxygen atoms in total. The number of nitrogens with one attached hydrogen (secondary N) is 1. The zero-order chi connectivity index (χ0) is 13.8. The normalized spacial score (nSPS) is 12.2. The summed E-state index contributed by atoms with van der Waals surface area (Å²) in [7, 11) is 0. The molecule has 0 heterocycles. The van der Waals surface area contributed by atoms with Gasteiger partial charge in [0.2, 0.25) is 0 Å². The average Bonchev–Trinajstić information content (AvgIpc) is 2.39. The number of rotatable bonds is 4. The smallest absolute Gasteiger partial charge is 0.159 e. The maximum atomic E-state index is 13.2. The Kier molecular flexibility index (Phi) is 4.06. The quantitative estimate of drug-likeness (QED) is 0.891. The third kappa shape index (κ3) is 3.26. The van der Waals surface area contributed by atoms with Crippen LogP contribution >= 0.6 is 0 Å². The van der Waals surface area contributed by atoms with Crippen molar-refractivity contribution in [1.29, 1.82) is 0 Å². The van der Waals surface area contributed by atoms with E-state index in [0.717, 1.165) is 12.1 Å². The first-order valence-corrected chi connectivity index (χ1v) is 5.77. The van der Waals surface area contributed by atoms with Crippen molar-refractivity contribution in [3.63, 3.8) is 0 Å². The highest BCUT2D eigenvalue weighted by Crippen LogP contribution is 2.21. The topological polar surface area (TPSA) is 38.0 Å². The molecule has 3 N–H and O–H groups in total. The highest BCUT2D eigenvalue weighted by Gasteiger charge is 2.12. The van der Waals surface area contributed by atoms with E-state index in [1.54, 1.807) is 12.1 Å². The predicted octanol–water partition coefficient (Wildman–Crippen LogP) is 3.22. The fourth-order valence-corrected chi connectivity index (χ4v) is 1.79. The van der Waals surface area contributed by atoms with Gasteiger partial charge in [0.1, 0.15) is 5.82 Å². The lowest BCUT2D eigenvalue weighted by Gasteiger charge is -2.18. The van der Waals surface area contributed by atoms with Crippen molar-refractivity contribution in [2.24, 2.45) is 5.73 Å². The van der Waals surface area contributed by atoms with Crippen LogP contribution in [-0.2, 0) is 0 Å². The van der Waals surface area contributed by atoms with Crippen molar-refractivity contribution in [2.45, 2.75) is 6.04 Å². The van der Waals surface area contributed by atoms with Gasteiger partial charge in [0, 0.05) is 12.2 Å². The third-order valence-electron chi connectivity index (χ3n) is 2.75. The van der Waals surface area contributed by atoms with Crippen molar-refractivity contribution in [3.8, 4) is 0 Å². The van der Waals surface area contributed by atoms with Crippen molar-refractivity contribution in [1.82, 2.24) is 0 Å². The third-order valence-corrected chi connectivity index (χ3v) is 2.75. The first-order valence-electron chi connectivity index (χ1n) is 5.77. The Morgan fingerprint density at radius 3 is 2.42 bits per heavy atom. The minimum Gasteiger partial charge on any atom is -0.377 e. The van der Waals surface area contributed by atoms with E-state index in [-0.39, 0.29) is 12.4 Å². The van der Waals surface area contributed by atoms with Gasteiger partial charge in [-0.3, -0.25) is 0 Å². The van der Waals surface area contributed by atoms with E-state index in [0.29, 0.717) is 11.3 Å². The Balaban J connectivity index is 2.22. The first kappa shape index (κ1) is 13.4. The summed E-state index contributed by atoms with van der Waals surface area (Å²) in [5, 5.41) is 2.98. The molecule has 0 saturated carbocycles. The number of anilines is 1. The second-order valence-corrected chi connectivity index (χ2v) is 4.12. The van der Waals surface area contributed by atoms with Gasteiger partial charge >= 0.3 is 0 Å². The molecular formula is C14H13F3N2. The van der Waals surface area contributed by atoms with Crippen LogP contribution in [0.5, 0.6) is 0 Å². The Morgan fingerprint density at radius 2 is 1.79 bits per heavy atom. The average molecular weight is 266 g/mol. The fraction of sp³-hybridized carbons (Fsp3) is 0.143. The van der Waals surface area contributed by atoms with Crippen molar-refractivity contribution in [3.05, 3.63) is 65.5 Å². The van der Waals surface area contributed by atoms with Gasteiger partial charge < -0.3 is 11.1 Å². The van der Waals surface area contributed by atoms with Crippen LogP contribution in [0.4, 0.5) is 18.9 Å². The molecule has 2 rings (SSSR count). The van der Waals surface area contributed by atoms with Gasteiger partial charge in [-0.15, -0.1) is 0 Å². The Morgan fingerprint density at radius 1 is 1.00 bits per heavy atom. The van der Waals surface area contributed by atoms with Gasteiger partial charge in [-0.1, -0.05) is 12.1 Å². The lowest BCUT2D eigenvalue weighted by Crippen LogP contribution is -2.20. The molecule has 0 saturated heterocycles. The van der Waals surface area contributed by atoms with Crippen LogP contribution in [0.15, 0.2) is 42.5 Å². The second-order valence-electron chi connectivity index (χ2n) is 4.12. The van der Waals surface area contributed by atoms with Crippen LogP contribution in [0.3, 0.4) is 0 Å². The van der Waals surface area contributed by atoms with Gasteiger partial charge in [-0.05, 0) is 35.9 Å². The molecule has 0 bridgehead atoms. The molecule has 2 aromatic carbocycles. The van der Waals surface area contributed by atoms with Crippen molar-refractivity contribution >= 4 is 5.69 Å². The second kappa shape index (κ2) is 5.75. The summed E-state index contributed by atoms with van der Waals surface area (Å²) < 4.78 is 39.1. The van der Waals surface area contributed by atoms with E-state index in [9.17, 15) is 13.2 Å². The molecule has 5 heteroatoms. The number of halogens is 3. The molecule has 19 heavy (non-hydrogen) atoms. The largest absolute Gasteiger partial charge is 0.377 e. The SMILES string of the molecule is NCC(Nc1cccc(F)c1)c1ccc(F)c(F)c1. The van der Waals surface area contributed by atoms with Crippen LogP contribution in [0.2, 0.25) is 0 Å². The number of benzene rings is 2. The van der Waals surface area contributed by atoms with Crippen LogP contribution in [0.25, 0.3) is 0 Å². The van der Waals surface area contributed by atoms with E-state index in [4.69, 9.17) is 5.73 Å². The summed E-state index contributed by atoms with van der Waals surface area (Å²) in [6.45, 7) is 0.168. The molecule has 0 radical (unpaired) electrons. The van der Waals surface area contributed by atoms with Gasteiger partial charge in [-0.25, -0.2) is 13.2 Å².